The quantitative estimate of drug-likeness (QED) is 0.755. The van der Waals surface area contributed by atoms with E-state index in [0.717, 1.165) is 57.8 Å². The van der Waals surface area contributed by atoms with E-state index in [1.54, 1.807) is 0 Å². The number of hydrogen-bond donors (Lipinski definition) is 2. The Morgan fingerprint density at radius 1 is 1.47 bits per heavy atom. The first-order valence-corrected chi connectivity index (χ1v) is 6.48. The number of nitrogens with zero attached hydrogens (tertiary/aromatic N) is 3. The van der Waals surface area contributed by atoms with Gasteiger partial charge in [-0.1, -0.05) is 0 Å². The first-order valence-electron chi connectivity index (χ1n) is 6.48. The summed E-state index contributed by atoms with van der Waals surface area (Å²) in [5, 5.41) is 17.6. The molecule has 1 atom stereocenters. The zero-order valence-electron chi connectivity index (χ0n) is 10.1. The van der Waals surface area contributed by atoms with Gasteiger partial charge in [0.15, 0.2) is 0 Å². The molecule has 94 valence electrons. The molecule has 1 aromatic heterocycles. The van der Waals surface area contributed by atoms with Gasteiger partial charge in [0.25, 0.3) is 0 Å². The summed E-state index contributed by atoms with van der Waals surface area (Å²) in [6.07, 6.45) is 1.91. The van der Waals surface area contributed by atoms with Crippen molar-refractivity contribution in [3.63, 3.8) is 0 Å². The van der Waals surface area contributed by atoms with Gasteiger partial charge in [0.05, 0.1) is 17.5 Å². The van der Waals surface area contributed by atoms with Crippen molar-refractivity contribution in [2.24, 2.45) is 0 Å². The Morgan fingerprint density at radius 3 is 3.24 bits per heavy atom. The van der Waals surface area contributed by atoms with Crippen LogP contribution in [0.3, 0.4) is 0 Å². The molecular weight excluding hydrogens is 216 g/mol. The summed E-state index contributed by atoms with van der Waals surface area (Å²) in [7, 11) is 0. The van der Waals surface area contributed by atoms with E-state index in [9.17, 15) is 5.11 Å². The smallest absolute Gasteiger partial charge is 0.0768 e. The average Bonchev–Trinajstić information content (AvgIpc) is 2.81. The average molecular weight is 236 g/mol. The summed E-state index contributed by atoms with van der Waals surface area (Å²) in [6.45, 7) is 5.68. The molecule has 3 heterocycles. The molecule has 17 heavy (non-hydrogen) atoms. The zero-order chi connectivity index (χ0) is 11.7. The van der Waals surface area contributed by atoms with Crippen molar-refractivity contribution in [3.05, 3.63) is 17.5 Å². The highest BCUT2D eigenvalue weighted by Crippen LogP contribution is 2.14. The lowest BCUT2D eigenvalue weighted by molar-refractivity contribution is 0.174. The van der Waals surface area contributed by atoms with Crippen LogP contribution in [0.2, 0.25) is 0 Å². The van der Waals surface area contributed by atoms with Crippen LogP contribution in [0.1, 0.15) is 24.2 Å². The zero-order valence-corrected chi connectivity index (χ0v) is 10.1. The molecule has 5 nitrogen and oxygen atoms in total. The molecule has 0 spiro atoms. The molecule has 0 unspecified atom stereocenters. The Morgan fingerprint density at radius 2 is 2.41 bits per heavy atom. The fourth-order valence-electron chi connectivity index (χ4n) is 2.68. The largest absolute Gasteiger partial charge is 0.392 e. The standard InChI is InChI=1S/C12H20N4O/c17-12-2-5-15(9-12)8-10-6-11-7-13-3-1-4-16(11)14-10/h6,12-13,17H,1-5,7-9H2/t12-/m0/s1. The predicted octanol–water partition coefficient (Wildman–Crippen LogP) is -0.0570. The predicted molar refractivity (Wildman–Crippen MR) is 64.5 cm³/mol. The van der Waals surface area contributed by atoms with Crippen LogP contribution in [0.4, 0.5) is 0 Å². The fraction of sp³-hybridized carbons (Fsp3) is 0.750. The van der Waals surface area contributed by atoms with E-state index in [1.165, 1.54) is 5.69 Å². The van der Waals surface area contributed by atoms with Crippen LogP contribution in [0.5, 0.6) is 0 Å². The van der Waals surface area contributed by atoms with Crippen LogP contribution in [-0.2, 0) is 19.6 Å². The number of aryl methyl sites for hydroxylation is 1. The second-order valence-corrected chi connectivity index (χ2v) is 5.06. The minimum atomic E-state index is -0.142. The maximum absolute atomic E-state index is 9.50. The number of likely N-dealkylation sites (tertiary alicyclic amines) is 1. The van der Waals surface area contributed by atoms with Crippen molar-refractivity contribution in [2.45, 2.75) is 38.6 Å². The molecule has 5 heteroatoms. The van der Waals surface area contributed by atoms with E-state index in [-0.39, 0.29) is 6.10 Å². The lowest BCUT2D eigenvalue weighted by Crippen LogP contribution is -2.21. The highest BCUT2D eigenvalue weighted by atomic mass is 16.3. The maximum atomic E-state index is 9.50. The van der Waals surface area contributed by atoms with Crippen LogP contribution in [0.25, 0.3) is 0 Å². The second kappa shape index (κ2) is 4.76. The van der Waals surface area contributed by atoms with Crippen LogP contribution in [-0.4, -0.2) is 45.5 Å². The topological polar surface area (TPSA) is 53.3 Å². The third-order valence-electron chi connectivity index (χ3n) is 3.58. The lowest BCUT2D eigenvalue weighted by atomic mass is 10.3. The normalized spacial score (nSPS) is 25.8. The van der Waals surface area contributed by atoms with Crippen molar-refractivity contribution in [1.29, 1.82) is 0 Å². The number of hydrogen-bond acceptors (Lipinski definition) is 4. The third-order valence-corrected chi connectivity index (χ3v) is 3.58. The van der Waals surface area contributed by atoms with E-state index in [4.69, 9.17) is 0 Å². The van der Waals surface area contributed by atoms with Crippen molar-refractivity contribution >= 4 is 0 Å². The van der Waals surface area contributed by atoms with Gasteiger partial charge in [-0.25, -0.2) is 0 Å². The Labute approximate surface area is 101 Å². The summed E-state index contributed by atoms with van der Waals surface area (Å²) >= 11 is 0. The molecule has 0 aromatic carbocycles. The molecule has 1 saturated heterocycles. The van der Waals surface area contributed by atoms with Crippen LogP contribution >= 0.6 is 0 Å². The minimum Gasteiger partial charge on any atom is -0.392 e. The molecule has 3 rings (SSSR count). The van der Waals surface area contributed by atoms with E-state index in [0.29, 0.717) is 0 Å². The molecule has 0 radical (unpaired) electrons. The Kier molecular flexibility index (Phi) is 3.13. The Balaban J connectivity index is 1.67. The van der Waals surface area contributed by atoms with Gasteiger partial charge in [-0.15, -0.1) is 0 Å². The van der Waals surface area contributed by atoms with Crippen LogP contribution < -0.4 is 5.32 Å². The van der Waals surface area contributed by atoms with Crippen molar-refractivity contribution in [1.82, 2.24) is 20.0 Å². The number of fused-ring (bicyclic) bond motifs is 1. The number of β-amino-alcohol motifs (C(OH)–C–C–N with tert-alkyl or cyclic N) is 1. The van der Waals surface area contributed by atoms with Crippen molar-refractivity contribution in [2.75, 3.05) is 19.6 Å². The number of nitrogens with one attached hydrogen (secondary N) is 1. The van der Waals surface area contributed by atoms with Gasteiger partial charge in [0.1, 0.15) is 0 Å². The molecular formula is C12H20N4O. The van der Waals surface area contributed by atoms with Gasteiger partial charge in [-0.2, -0.15) is 5.10 Å². The molecule has 0 bridgehead atoms. The summed E-state index contributed by atoms with van der Waals surface area (Å²) in [5.74, 6) is 0. The molecule has 0 saturated carbocycles. The van der Waals surface area contributed by atoms with Gasteiger partial charge in [-0.3, -0.25) is 9.58 Å². The third kappa shape index (κ3) is 2.51. The fourth-order valence-corrected chi connectivity index (χ4v) is 2.68. The molecule has 0 amide bonds. The molecule has 1 fully saturated rings. The molecule has 1 aromatic rings. The summed E-state index contributed by atoms with van der Waals surface area (Å²) in [6, 6.07) is 2.20. The van der Waals surface area contributed by atoms with E-state index in [2.05, 4.69) is 26.1 Å². The van der Waals surface area contributed by atoms with E-state index in [1.807, 2.05) is 0 Å². The number of rotatable bonds is 2. The Bertz CT molecular complexity index is 366. The molecule has 2 aliphatic heterocycles. The molecule has 0 aliphatic carbocycles. The summed E-state index contributed by atoms with van der Waals surface area (Å²) in [4.78, 5) is 2.28. The number of aromatic nitrogens is 2. The van der Waals surface area contributed by atoms with E-state index < -0.39 is 0 Å². The summed E-state index contributed by atoms with van der Waals surface area (Å²) in [5.41, 5.74) is 2.43. The highest BCUT2D eigenvalue weighted by molar-refractivity contribution is 5.11. The van der Waals surface area contributed by atoms with Gasteiger partial charge in [-0.05, 0) is 25.5 Å². The van der Waals surface area contributed by atoms with Gasteiger partial charge in [0, 0.05) is 32.7 Å². The van der Waals surface area contributed by atoms with Crippen LogP contribution in [0, 0.1) is 0 Å². The van der Waals surface area contributed by atoms with Gasteiger partial charge in [0.2, 0.25) is 0 Å². The van der Waals surface area contributed by atoms with Gasteiger partial charge < -0.3 is 10.4 Å². The second-order valence-electron chi connectivity index (χ2n) is 5.06. The van der Waals surface area contributed by atoms with Crippen molar-refractivity contribution < 1.29 is 5.11 Å². The Hall–Kier alpha value is -0.910. The van der Waals surface area contributed by atoms with E-state index >= 15 is 0 Å². The minimum absolute atomic E-state index is 0.142. The first-order chi connectivity index (χ1) is 8.31. The van der Waals surface area contributed by atoms with Crippen molar-refractivity contribution in [3.8, 4) is 0 Å². The maximum Gasteiger partial charge on any atom is 0.0768 e. The first kappa shape index (κ1) is 11.2. The molecule has 2 N–H and O–H groups in total. The SMILES string of the molecule is O[C@H]1CCN(Cc2cc3n(n2)CCCNC3)C1. The lowest BCUT2D eigenvalue weighted by Gasteiger charge is -2.12. The highest BCUT2D eigenvalue weighted by Gasteiger charge is 2.21. The molecule has 2 aliphatic rings. The number of aliphatic hydroxyl groups is 1. The van der Waals surface area contributed by atoms with Crippen LogP contribution in [0.15, 0.2) is 6.07 Å². The monoisotopic (exact) mass is 236 g/mol. The summed E-state index contributed by atoms with van der Waals surface area (Å²) < 4.78 is 2.13. The number of aliphatic hydroxyl groups excluding tert-OH is 1. The van der Waals surface area contributed by atoms with Gasteiger partial charge >= 0.3 is 0 Å².